The van der Waals surface area contributed by atoms with Crippen LogP contribution in [0.2, 0.25) is 0 Å². The fraction of sp³-hybridized carbons (Fsp3) is 0.214. The lowest BCUT2D eigenvalue weighted by Crippen LogP contribution is -2.14. The standard InChI is InChI=1S/C84H74N4/c1-83(2,3)59-35-39-61(40-36-59)85(73-45-33-57(53-21-13-14-22-53)49-67(73)55-25-9-7-10-26-55)75-47-43-63-69-51-78-70(52-77(69)87-71-31-19-17-29-65(71)79(75)81(63)87)64-44-48-76(80-66-30-18-20-32-72(66)88(78)82(64)80)86(62-41-37-60(38-42-62)84(4,5)6)74-46-34-58(54-23-15-16-24-54)50-68(74)56-27-11-8-12-28-56/h7-12,17-20,25-54H,13-16,21-24H2,1-6H3. The zero-order valence-electron chi connectivity index (χ0n) is 51.5. The maximum Gasteiger partial charge on any atom is 0.0641 e. The molecule has 0 atom stereocenters. The maximum atomic E-state index is 2.60. The van der Waals surface area contributed by atoms with Crippen LogP contribution in [0.3, 0.4) is 0 Å². The second-order valence-corrected chi connectivity index (χ2v) is 27.8. The van der Waals surface area contributed by atoms with Crippen molar-refractivity contribution in [3.63, 3.8) is 0 Å². The van der Waals surface area contributed by atoms with Crippen LogP contribution < -0.4 is 9.80 Å². The SMILES string of the molecule is CC(C)(C)c1ccc(N(c2ccc(C3CCCC3)cc2-c2ccccc2)c2ccc3c4cc5c(cc4n4c6ccccc6c2c34)c2ccc(N(c3ccc(C(C)(C)C)cc3)c3ccc(C4CCCC4)cc3-c3ccccc3)c3c4ccccc4n5c23)cc1. The van der Waals surface area contributed by atoms with E-state index in [9.17, 15) is 0 Å². The number of anilines is 6. The fourth-order valence-electron chi connectivity index (χ4n) is 16.1. The van der Waals surface area contributed by atoms with E-state index in [0.29, 0.717) is 11.8 Å². The molecule has 88 heavy (non-hydrogen) atoms. The average molecular weight is 1140 g/mol. The van der Waals surface area contributed by atoms with E-state index >= 15 is 0 Å². The summed E-state index contributed by atoms with van der Waals surface area (Å²) in [6.45, 7) is 13.9. The van der Waals surface area contributed by atoms with Crippen molar-refractivity contribution in [3.05, 3.63) is 253 Å². The van der Waals surface area contributed by atoms with Crippen LogP contribution in [0.4, 0.5) is 34.1 Å². The molecule has 0 aliphatic heterocycles. The second kappa shape index (κ2) is 20.1. The molecule has 0 unspecified atom stereocenters. The molecule has 2 saturated carbocycles. The molecular weight excluding hydrogens is 1060 g/mol. The number of hydrogen-bond donors (Lipinski definition) is 0. The molecule has 17 rings (SSSR count). The smallest absolute Gasteiger partial charge is 0.0641 e. The zero-order valence-corrected chi connectivity index (χ0v) is 51.5. The quantitative estimate of drug-likeness (QED) is 0.136. The van der Waals surface area contributed by atoms with Gasteiger partial charge in [-0.1, -0.05) is 213 Å². The Labute approximate surface area is 516 Å². The number of hydrogen-bond acceptors (Lipinski definition) is 2. The lowest BCUT2D eigenvalue weighted by Gasteiger charge is -2.30. The first-order chi connectivity index (χ1) is 42.9. The van der Waals surface area contributed by atoms with E-state index in [4.69, 9.17) is 0 Å². The summed E-state index contributed by atoms with van der Waals surface area (Å²) in [6.07, 6.45) is 10.2. The van der Waals surface area contributed by atoms with Crippen LogP contribution in [0.15, 0.2) is 231 Å². The second-order valence-electron chi connectivity index (χ2n) is 27.8. The lowest BCUT2D eigenvalue weighted by atomic mass is 9.87. The highest BCUT2D eigenvalue weighted by molar-refractivity contribution is 6.32. The van der Waals surface area contributed by atoms with Gasteiger partial charge >= 0.3 is 0 Å². The minimum atomic E-state index is 0.0169. The summed E-state index contributed by atoms with van der Waals surface area (Å²) in [5.41, 5.74) is 25.1. The van der Waals surface area contributed by atoms with Gasteiger partial charge in [0.25, 0.3) is 0 Å². The topological polar surface area (TPSA) is 15.3 Å². The number of fused-ring (bicyclic) bond motifs is 12. The van der Waals surface area contributed by atoms with Crippen molar-refractivity contribution < 1.29 is 0 Å². The fourth-order valence-corrected chi connectivity index (χ4v) is 16.1. The summed E-state index contributed by atoms with van der Waals surface area (Å²) in [7, 11) is 0. The first-order valence-electron chi connectivity index (χ1n) is 32.5. The molecule has 4 nitrogen and oxygen atoms in total. The van der Waals surface area contributed by atoms with Gasteiger partial charge in [-0.15, -0.1) is 0 Å². The first kappa shape index (κ1) is 52.9. The molecule has 0 N–H and O–H groups in total. The van der Waals surface area contributed by atoms with Gasteiger partial charge in [0, 0.05) is 65.6 Å². The molecule has 4 heterocycles. The van der Waals surface area contributed by atoms with Gasteiger partial charge in [-0.05, 0) is 167 Å². The van der Waals surface area contributed by atoms with Crippen molar-refractivity contribution in [3.8, 4) is 22.3 Å². The van der Waals surface area contributed by atoms with E-state index in [1.165, 1.54) is 195 Å². The Morgan fingerprint density at radius 3 is 1.07 bits per heavy atom. The summed E-state index contributed by atoms with van der Waals surface area (Å²) < 4.78 is 5.20. The molecule has 11 aromatic carbocycles. The highest BCUT2D eigenvalue weighted by Crippen LogP contribution is 2.54. The molecule has 2 aliphatic rings. The molecule has 0 radical (unpaired) electrons. The van der Waals surface area contributed by atoms with Crippen molar-refractivity contribution in [2.24, 2.45) is 0 Å². The van der Waals surface area contributed by atoms with Gasteiger partial charge in [-0.2, -0.15) is 0 Å². The molecule has 15 aromatic rings. The molecule has 4 heteroatoms. The Morgan fingerprint density at radius 2 is 0.682 bits per heavy atom. The van der Waals surface area contributed by atoms with Crippen LogP contribution in [0.5, 0.6) is 0 Å². The van der Waals surface area contributed by atoms with E-state index < -0.39 is 0 Å². The zero-order chi connectivity index (χ0) is 59.2. The molecule has 430 valence electrons. The van der Waals surface area contributed by atoms with E-state index in [0.717, 1.165) is 11.4 Å². The predicted octanol–water partition coefficient (Wildman–Crippen LogP) is 24.2. The third-order valence-electron chi connectivity index (χ3n) is 20.6. The van der Waals surface area contributed by atoms with Crippen molar-refractivity contribution in [1.82, 2.24) is 8.80 Å². The van der Waals surface area contributed by atoms with Gasteiger partial charge in [0.2, 0.25) is 0 Å². The molecule has 0 saturated heterocycles. The van der Waals surface area contributed by atoms with Crippen LogP contribution in [-0.4, -0.2) is 8.80 Å². The van der Waals surface area contributed by atoms with E-state index in [1.807, 2.05) is 0 Å². The third kappa shape index (κ3) is 8.24. The van der Waals surface area contributed by atoms with Crippen LogP contribution in [0, 0.1) is 0 Å². The van der Waals surface area contributed by atoms with Crippen LogP contribution >= 0.6 is 0 Å². The summed E-state index contributed by atoms with van der Waals surface area (Å²) in [6, 6.07) is 89.0. The van der Waals surface area contributed by atoms with E-state index in [-0.39, 0.29) is 10.8 Å². The third-order valence-corrected chi connectivity index (χ3v) is 20.6. The van der Waals surface area contributed by atoms with Gasteiger partial charge in [0.15, 0.2) is 0 Å². The van der Waals surface area contributed by atoms with Gasteiger partial charge < -0.3 is 18.6 Å². The van der Waals surface area contributed by atoms with Crippen molar-refractivity contribution in [2.75, 3.05) is 9.80 Å². The van der Waals surface area contributed by atoms with Crippen molar-refractivity contribution in [1.29, 1.82) is 0 Å². The summed E-state index contributed by atoms with van der Waals surface area (Å²) in [4.78, 5) is 5.16. The van der Waals surface area contributed by atoms with Gasteiger partial charge in [-0.3, -0.25) is 0 Å². The van der Waals surface area contributed by atoms with Gasteiger partial charge in [0.1, 0.15) is 0 Å². The van der Waals surface area contributed by atoms with Crippen molar-refractivity contribution >= 4 is 110 Å². The van der Waals surface area contributed by atoms with Gasteiger partial charge in [0.05, 0.1) is 55.8 Å². The molecule has 0 bridgehead atoms. The van der Waals surface area contributed by atoms with Gasteiger partial charge in [-0.25, -0.2) is 0 Å². The molecule has 4 aromatic heterocycles. The number of para-hydroxylation sites is 2. The Balaban J connectivity index is 0.912. The maximum absolute atomic E-state index is 2.60. The largest absolute Gasteiger partial charge is 0.309 e. The average Bonchev–Trinajstić information content (AvgIpc) is 1.53. The van der Waals surface area contributed by atoms with Crippen LogP contribution in [0.1, 0.15) is 127 Å². The predicted molar refractivity (Wildman–Crippen MR) is 376 cm³/mol. The number of benzene rings is 11. The van der Waals surface area contributed by atoms with Crippen molar-refractivity contribution in [2.45, 2.75) is 116 Å². The van der Waals surface area contributed by atoms with E-state index in [2.05, 4.69) is 291 Å². The Bertz CT molecular complexity index is 4830. The first-order valence-corrected chi connectivity index (χ1v) is 32.5. The van der Waals surface area contributed by atoms with Crippen LogP contribution in [0.25, 0.3) is 98.4 Å². The summed E-state index contributed by atoms with van der Waals surface area (Å²) >= 11 is 0. The lowest BCUT2D eigenvalue weighted by molar-refractivity contribution is 0.590. The Hall–Kier alpha value is -9.38. The number of aromatic nitrogens is 2. The monoisotopic (exact) mass is 1140 g/mol. The Kier molecular flexibility index (Phi) is 12.1. The highest BCUT2D eigenvalue weighted by Gasteiger charge is 2.31. The summed E-state index contributed by atoms with van der Waals surface area (Å²) in [5.74, 6) is 1.18. The minimum Gasteiger partial charge on any atom is -0.309 e. The van der Waals surface area contributed by atoms with Crippen LogP contribution in [-0.2, 0) is 10.8 Å². The highest BCUT2D eigenvalue weighted by atomic mass is 15.2. The molecule has 0 amide bonds. The number of nitrogens with zero attached hydrogens (tertiary/aromatic N) is 4. The normalized spacial score (nSPS) is 14.7. The molecule has 0 spiro atoms. The Morgan fingerprint density at radius 1 is 0.318 bits per heavy atom. The molecular formula is C84H74N4. The minimum absolute atomic E-state index is 0.0169. The molecule has 2 aliphatic carbocycles. The number of rotatable bonds is 10. The molecule has 2 fully saturated rings. The summed E-state index contributed by atoms with van der Waals surface area (Å²) in [5, 5.41) is 10.1. The van der Waals surface area contributed by atoms with E-state index in [1.54, 1.807) is 0 Å².